The van der Waals surface area contributed by atoms with Gasteiger partial charge in [-0.25, -0.2) is 8.78 Å². The molecule has 29 heavy (non-hydrogen) atoms. The number of nitrogens with zero attached hydrogens (tertiary/aromatic N) is 6. The van der Waals surface area contributed by atoms with E-state index in [-0.39, 0.29) is 5.91 Å². The fraction of sp³-hybridized carbons (Fsp3) is 0.263. The summed E-state index contributed by atoms with van der Waals surface area (Å²) < 4.78 is 28.1. The van der Waals surface area contributed by atoms with Crippen LogP contribution in [0.25, 0.3) is 5.69 Å². The van der Waals surface area contributed by atoms with E-state index in [4.69, 9.17) is 11.6 Å². The number of hydrogen-bond donors (Lipinski definition) is 0. The number of tetrazole rings is 1. The molecule has 0 aliphatic carbocycles. The van der Waals surface area contributed by atoms with Gasteiger partial charge in [-0.2, -0.15) is 4.68 Å². The number of amides is 1. The second-order valence-electron chi connectivity index (χ2n) is 6.65. The van der Waals surface area contributed by atoms with E-state index >= 15 is 0 Å². The standard InChI is InChI=1S/C19H17ClF2N6O/c20-15-4-2-1-3-14(15)19(29)27-9-7-26(8-10-27)12-18-23-24-25-28(18)13-5-6-16(21)17(22)11-13/h1-6,11H,7-10,12H2. The van der Waals surface area contributed by atoms with Crippen LogP contribution in [0.1, 0.15) is 16.2 Å². The van der Waals surface area contributed by atoms with Gasteiger partial charge < -0.3 is 4.90 Å². The van der Waals surface area contributed by atoms with E-state index in [0.717, 1.165) is 12.1 Å². The third-order valence-corrected chi connectivity index (χ3v) is 5.14. The van der Waals surface area contributed by atoms with Crippen molar-refractivity contribution < 1.29 is 13.6 Å². The fourth-order valence-corrected chi connectivity index (χ4v) is 3.45. The zero-order valence-electron chi connectivity index (χ0n) is 15.3. The number of rotatable bonds is 4. The van der Waals surface area contributed by atoms with Crippen molar-refractivity contribution in [1.29, 1.82) is 0 Å². The largest absolute Gasteiger partial charge is 0.336 e. The molecule has 2 heterocycles. The first-order valence-electron chi connectivity index (χ1n) is 9.02. The lowest BCUT2D eigenvalue weighted by Gasteiger charge is -2.34. The highest BCUT2D eigenvalue weighted by Gasteiger charge is 2.24. The Morgan fingerprint density at radius 3 is 2.52 bits per heavy atom. The van der Waals surface area contributed by atoms with Gasteiger partial charge in [0.1, 0.15) is 0 Å². The van der Waals surface area contributed by atoms with Crippen LogP contribution in [0.2, 0.25) is 5.02 Å². The molecule has 0 radical (unpaired) electrons. The van der Waals surface area contributed by atoms with Crippen molar-refractivity contribution in [3.63, 3.8) is 0 Å². The molecule has 1 aliphatic rings. The topological polar surface area (TPSA) is 67.2 Å². The summed E-state index contributed by atoms with van der Waals surface area (Å²) >= 11 is 6.13. The first-order valence-corrected chi connectivity index (χ1v) is 9.39. The minimum Gasteiger partial charge on any atom is -0.336 e. The molecule has 4 rings (SSSR count). The zero-order valence-corrected chi connectivity index (χ0v) is 16.1. The molecule has 1 aliphatic heterocycles. The lowest BCUT2D eigenvalue weighted by atomic mass is 10.2. The van der Waals surface area contributed by atoms with Crippen molar-refractivity contribution in [1.82, 2.24) is 30.0 Å². The Kier molecular flexibility index (Phi) is 5.50. The van der Waals surface area contributed by atoms with E-state index in [1.807, 2.05) is 0 Å². The van der Waals surface area contributed by atoms with Crippen molar-refractivity contribution in [3.8, 4) is 5.69 Å². The van der Waals surface area contributed by atoms with E-state index in [1.54, 1.807) is 29.2 Å². The van der Waals surface area contributed by atoms with Gasteiger partial charge in [-0.15, -0.1) is 5.10 Å². The maximum atomic E-state index is 13.5. The van der Waals surface area contributed by atoms with Gasteiger partial charge in [0.2, 0.25) is 0 Å². The number of benzene rings is 2. The molecule has 1 aromatic heterocycles. The van der Waals surface area contributed by atoms with Crippen LogP contribution < -0.4 is 0 Å². The van der Waals surface area contributed by atoms with Gasteiger partial charge in [-0.3, -0.25) is 9.69 Å². The molecule has 1 amide bonds. The number of hydrogen-bond acceptors (Lipinski definition) is 5. The monoisotopic (exact) mass is 418 g/mol. The molecule has 0 saturated carbocycles. The number of carbonyl (C=O) groups is 1. The predicted octanol–water partition coefficient (Wildman–Crippen LogP) is 2.55. The number of carbonyl (C=O) groups excluding carboxylic acids is 1. The highest BCUT2D eigenvalue weighted by Crippen LogP contribution is 2.19. The van der Waals surface area contributed by atoms with E-state index in [1.165, 1.54) is 10.7 Å². The van der Waals surface area contributed by atoms with Crippen LogP contribution in [0.4, 0.5) is 8.78 Å². The average molecular weight is 419 g/mol. The smallest absolute Gasteiger partial charge is 0.255 e. The van der Waals surface area contributed by atoms with Gasteiger partial charge in [0.05, 0.1) is 22.8 Å². The van der Waals surface area contributed by atoms with Crippen LogP contribution in [0.5, 0.6) is 0 Å². The summed E-state index contributed by atoms with van der Waals surface area (Å²) in [6.07, 6.45) is 0. The fourth-order valence-electron chi connectivity index (χ4n) is 3.24. The lowest BCUT2D eigenvalue weighted by Crippen LogP contribution is -2.48. The molecule has 0 spiro atoms. The minimum absolute atomic E-state index is 0.0955. The highest BCUT2D eigenvalue weighted by atomic mass is 35.5. The van der Waals surface area contributed by atoms with Crippen molar-refractivity contribution in [3.05, 3.63) is 70.5 Å². The maximum absolute atomic E-state index is 13.5. The Hall–Kier alpha value is -2.91. The first-order chi connectivity index (χ1) is 14.0. The molecule has 2 aromatic carbocycles. The van der Waals surface area contributed by atoms with Gasteiger partial charge in [-0.1, -0.05) is 23.7 Å². The van der Waals surface area contributed by atoms with E-state index in [2.05, 4.69) is 20.4 Å². The normalized spacial score (nSPS) is 14.9. The Bertz CT molecular complexity index is 1040. The summed E-state index contributed by atoms with van der Waals surface area (Å²) in [7, 11) is 0. The summed E-state index contributed by atoms with van der Waals surface area (Å²) in [5.74, 6) is -1.48. The van der Waals surface area contributed by atoms with Gasteiger partial charge in [0.25, 0.3) is 5.91 Å². The van der Waals surface area contributed by atoms with Crippen LogP contribution in [0, 0.1) is 11.6 Å². The quantitative estimate of drug-likeness (QED) is 0.651. The number of piperazine rings is 1. The minimum atomic E-state index is -0.962. The Morgan fingerprint density at radius 2 is 1.79 bits per heavy atom. The zero-order chi connectivity index (χ0) is 20.4. The lowest BCUT2D eigenvalue weighted by molar-refractivity contribution is 0.0624. The molecular formula is C19H17ClF2N6O. The van der Waals surface area contributed by atoms with Crippen LogP contribution in [-0.2, 0) is 6.54 Å². The highest BCUT2D eigenvalue weighted by molar-refractivity contribution is 6.33. The van der Waals surface area contributed by atoms with E-state index in [0.29, 0.717) is 54.8 Å². The van der Waals surface area contributed by atoms with Crippen molar-refractivity contribution in [2.45, 2.75) is 6.54 Å². The Labute approximate surface area is 170 Å². The van der Waals surface area contributed by atoms with Crippen molar-refractivity contribution >= 4 is 17.5 Å². The molecule has 7 nitrogen and oxygen atoms in total. The summed E-state index contributed by atoms with van der Waals surface area (Å²) in [6.45, 7) is 2.75. The number of aromatic nitrogens is 4. The van der Waals surface area contributed by atoms with Gasteiger partial charge in [-0.05, 0) is 34.7 Å². The Morgan fingerprint density at radius 1 is 1.03 bits per heavy atom. The molecule has 10 heteroatoms. The summed E-state index contributed by atoms with van der Waals surface area (Å²) in [5.41, 5.74) is 0.835. The molecule has 0 bridgehead atoms. The molecule has 1 fully saturated rings. The third-order valence-electron chi connectivity index (χ3n) is 4.81. The molecule has 0 N–H and O–H groups in total. The second-order valence-corrected chi connectivity index (χ2v) is 7.06. The maximum Gasteiger partial charge on any atom is 0.255 e. The van der Waals surface area contributed by atoms with E-state index in [9.17, 15) is 13.6 Å². The van der Waals surface area contributed by atoms with Crippen LogP contribution >= 0.6 is 11.6 Å². The molecule has 0 unspecified atom stereocenters. The van der Waals surface area contributed by atoms with E-state index < -0.39 is 11.6 Å². The molecule has 150 valence electrons. The number of halogens is 3. The van der Waals surface area contributed by atoms with Crippen molar-refractivity contribution in [2.24, 2.45) is 0 Å². The molecule has 1 saturated heterocycles. The average Bonchev–Trinajstić information content (AvgIpc) is 3.18. The first kappa shape index (κ1) is 19.4. The summed E-state index contributed by atoms with van der Waals surface area (Å²) in [6, 6.07) is 10.5. The second kappa shape index (κ2) is 8.22. The van der Waals surface area contributed by atoms with Gasteiger partial charge in [0.15, 0.2) is 17.5 Å². The Balaban J connectivity index is 1.41. The molecular weight excluding hydrogens is 402 g/mol. The van der Waals surface area contributed by atoms with Crippen LogP contribution in [0.3, 0.4) is 0 Å². The summed E-state index contributed by atoms with van der Waals surface area (Å²) in [4.78, 5) is 16.5. The van der Waals surface area contributed by atoms with Crippen molar-refractivity contribution in [2.75, 3.05) is 26.2 Å². The molecule has 3 aromatic rings. The SMILES string of the molecule is O=C(c1ccccc1Cl)N1CCN(Cc2nnnn2-c2ccc(F)c(F)c2)CC1. The summed E-state index contributed by atoms with van der Waals surface area (Å²) in [5, 5.41) is 12.0. The predicted molar refractivity (Wildman–Crippen MR) is 102 cm³/mol. The van der Waals surface area contributed by atoms with Gasteiger partial charge in [0, 0.05) is 32.2 Å². The molecule has 0 atom stereocenters. The van der Waals surface area contributed by atoms with Crippen LogP contribution in [-0.4, -0.2) is 62.1 Å². The van der Waals surface area contributed by atoms with Gasteiger partial charge >= 0.3 is 0 Å². The third kappa shape index (κ3) is 4.10. The van der Waals surface area contributed by atoms with Crippen LogP contribution in [0.15, 0.2) is 42.5 Å².